The molecule has 1 amide bonds. The van der Waals surface area contributed by atoms with Gasteiger partial charge in [-0.15, -0.1) is 0 Å². The molecule has 18 heavy (non-hydrogen) atoms. The van der Waals surface area contributed by atoms with Gasteiger partial charge < -0.3 is 15.3 Å². The SMILES string of the molecule is O=C(O)NCc1cccc(N2CCS(=O)CC2)c1. The summed E-state index contributed by atoms with van der Waals surface area (Å²) in [5.41, 5.74) is 2.00. The van der Waals surface area contributed by atoms with Crippen LogP contribution in [0.4, 0.5) is 10.5 Å². The molecule has 0 saturated carbocycles. The molecule has 2 N–H and O–H groups in total. The van der Waals surface area contributed by atoms with Gasteiger partial charge in [0.2, 0.25) is 0 Å². The monoisotopic (exact) mass is 268 g/mol. The lowest BCUT2D eigenvalue weighted by Gasteiger charge is -2.28. The molecule has 98 valence electrons. The first-order chi connectivity index (χ1) is 8.65. The first-order valence-electron chi connectivity index (χ1n) is 5.81. The standard InChI is InChI=1S/C12H16N2O3S/c15-12(16)13-9-10-2-1-3-11(8-10)14-4-6-18(17)7-5-14/h1-3,8,13H,4-7,9H2,(H,15,16). The topological polar surface area (TPSA) is 69.6 Å². The Morgan fingerprint density at radius 1 is 1.39 bits per heavy atom. The number of nitrogens with zero attached hydrogens (tertiary/aromatic N) is 1. The maximum Gasteiger partial charge on any atom is 0.404 e. The fourth-order valence-electron chi connectivity index (χ4n) is 1.94. The number of benzene rings is 1. The van der Waals surface area contributed by atoms with Crippen molar-refractivity contribution in [1.29, 1.82) is 0 Å². The molecule has 0 bridgehead atoms. The second-order valence-electron chi connectivity index (χ2n) is 4.16. The van der Waals surface area contributed by atoms with E-state index in [9.17, 15) is 9.00 Å². The van der Waals surface area contributed by atoms with Gasteiger partial charge in [-0.1, -0.05) is 12.1 Å². The van der Waals surface area contributed by atoms with Crippen molar-refractivity contribution in [3.63, 3.8) is 0 Å². The Morgan fingerprint density at radius 3 is 2.78 bits per heavy atom. The van der Waals surface area contributed by atoms with Crippen LogP contribution in [0.15, 0.2) is 24.3 Å². The number of hydrogen-bond acceptors (Lipinski definition) is 3. The Labute approximate surface area is 108 Å². The van der Waals surface area contributed by atoms with Crippen molar-refractivity contribution < 1.29 is 14.1 Å². The zero-order valence-electron chi connectivity index (χ0n) is 9.96. The van der Waals surface area contributed by atoms with E-state index in [1.807, 2.05) is 24.3 Å². The number of rotatable bonds is 3. The molecule has 1 aromatic rings. The Balaban J connectivity index is 2.02. The van der Waals surface area contributed by atoms with Gasteiger partial charge in [-0.25, -0.2) is 4.79 Å². The third kappa shape index (κ3) is 3.46. The van der Waals surface area contributed by atoms with Gasteiger partial charge in [-0.2, -0.15) is 0 Å². The molecule has 1 aromatic carbocycles. The van der Waals surface area contributed by atoms with E-state index in [0.717, 1.165) is 24.3 Å². The fraction of sp³-hybridized carbons (Fsp3) is 0.417. The van der Waals surface area contributed by atoms with E-state index in [1.165, 1.54) is 0 Å². The van der Waals surface area contributed by atoms with Gasteiger partial charge in [-0.3, -0.25) is 4.21 Å². The quantitative estimate of drug-likeness (QED) is 0.859. The summed E-state index contributed by atoms with van der Waals surface area (Å²) in [5, 5.41) is 10.9. The maximum atomic E-state index is 11.3. The highest BCUT2D eigenvalue weighted by Gasteiger charge is 2.15. The smallest absolute Gasteiger partial charge is 0.404 e. The second-order valence-corrected chi connectivity index (χ2v) is 5.86. The maximum absolute atomic E-state index is 11.3. The van der Waals surface area contributed by atoms with Gasteiger partial charge in [0, 0.05) is 47.6 Å². The number of amides is 1. The van der Waals surface area contributed by atoms with Crippen LogP contribution in [0.2, 0.25) is 0 Å². The average molecular weight is 268 g/mol. The summed E-state index contributed by atoms with van der Waals surface area (Å²) < 4.78 is 11.3. The van der Waals surface area contributed by atoms with Crippen molar-refractivity contribution in [3.05, 3.63) is 29.8 Å². The van der Waals surface area contributed by atoms with Crippen molar-refractivity contribution in [1.82, 2.24) is 5.32 Å². The normalized spacial score (nSPS) is 16.6. The van der Waals surface area contributed by atoms with Crippen molar-refractivity contribution >= 4 is 22.6 Å². The molecule has 5 nitrogen and oxygen atoms in total. The van der Waals surface area contributed by atoms with Crippen LogP contribution in [-0.4, -0.2) is 40.0 Å². The molecule has 1 aliphatic heterocycles. The van der Waals surface area contributed by atoms with Crippen molar-refractivity contribution in [2.45, 2.75) is 6.54 Å². The molecular formula is C12H16N2O3S. The van der Waals surface area contributed by atoms with Gasteiger partial charge in [0.05, 0.1) is 0 Å². The Hall–Kier alpha value is -1.56. The summed E-state index contributed by atoms with van der Waals surface area (Å²) in [6.45, 7) is 1.90. The molecule has 2 rings (SSSR count). The first-order valence-corrected chi connectivity index (χ1v) is 7.29. The van der Waals surface area contributed by atoms with E-state index in [0.29, 0.717) is 18.1 Å². The van der Waals surface area contributed by atoms with Crippen LogP contribution in [-0.2, 0) is 17.3 Å². The summed E-state index contributed by atoms with van der Waals surface area (Å²) >= 11 is 0. The number of hydrogen-bond donors (Lipinski definition) is 2. The number of nitrogens with one attached hydrogen (secondary N) is 1. The van der Waals surface area contributed by atoms with Gasteiger partial charge >= 0.3 is 6.09 Å². The van der Waals surface area contributed by atoms with E-state index < -0.39 is 16.9 Å². The van der Waals surface area contributed by atoms with Crippen LogP contribution in [0.25, 0.3) is 0 Å². The first kappa shape index (κ1) is 12.9. The molecule has 1 saturated heterocycles. The molecule has 6 heteroatoms. The number of carbonyl (C=O) groups is 1. The van der Waals surface area contributed by atoms with E-state index >= 15 is 0 Å². The summed E-state index contributed by atoms with van der Waals surface area (Å²) in [7, 11) is -0.681. The second kappa shape index (κ2) is 5.86. The molecule has 0 atom stereocenters. The molecule has 0 spiro atoms. The molecule has 1 aliphatic rings. The average Bonchev–Trinajstić information content (AvgIpc) is 2.37. The predicted molar refractivity (Wildman–Crippen MR) is 71.4 cm³/mol. The molecule has 0 radical (unpaired) electrons. The van der Waals surface area contributed by atoms with E-state index in [4.69, 9.17) is 5.11 Å². The molecule has 0 unspecified atom stereocenters. The summed E-state index contributed by atoms with van der Waals surface area (Å²) in [6, 6.07) is 7.78. The highest BCUT2D eigenvalue weighted by Crippen LogP contribution is 2.18. The van der Waals surface area contributed by atoms with Crippen LogP contribution >= 0.6 is 0 Å². The van der Waals surface area contributed by atoms with Crippen molar-refractivity contribution in [2.75, 3.05) is 29.5 Å². The zero-order valence-corrected chi connectivity index (χ0v) is 10.8. The van der Waals surface area contributed by atoms with E-state index in [2.05, 4.69) is 10.2 Å². The Bertz CT molecular complexity index is 454. The fourth-order valence-corrected chi connectivity index (χ4v) is 2.99. The van der Waals surface area contributed by atoms with Gasteiger partial charge in [0.15, 0.2) is 0 Å². The molecular weight excluding hydrogens is 252 g/mol. The molecule has 0 aliphatic carbocycles. The lowest BCUT2D eigenvalue weighted by molar-refractivity contribution is 0.194. The van der Waals surface area contributed by atoms with Crippen LogP contribution in [0.5, 0.6) is 0 Å². The summed E-state index contributed by atoms with van der Waals surface area (Å²) in [4.78, 5) is 12.6. The summed E-state index contributed by atoms with van der Waals surface area (Å²) in [5.74, 6) is 1.41. The van der Waals surface area contributed by atoms with E-state index in [1.54, 1.807) is 0 Å². The largest absolute Gasteiger partial charge is 0.465 e. The van der Waals surface area contributed by atoms with Gasteiger partial charge in [-0.05, 0) is 17.7 Å². The Kier molecular flexibility index (Phi) is 4.19. The Morgan fingerprint density at radius 2 is 2.11 bits per heavy atom. The van der Waals surface area contributed by atoms with Gasteiger partial charge in [0.1, 0.15) is 0 Å². The molecule has 1 fully saturated rings. The third-order valence-electron chi connectivity index (χ3n) is 2.90. The predicted octanol–water partition coefficient (Wildman–Crippen LogP) is 1.02. The van der Waals surface area contributed by atoms with Crippen LogP contribution in [0.1, 0.15) is 5.56 Å². The third-order valence-corrected chi connectivity index (χ3v) is 4.17. The zero-order chi connectivity index (χ0) is 13.0. The van der Waals surface area contributed by atoms with Crippen molar-refractivity contribution in [3.8, 4) is 0 Å². The van der Waals surface area contributed by atoms with Crippen LogP contribution in [0, 0.1) is 0 Å². The highest BCUT2D eigenvalue weighted by molar-refractivity contribution is 7.85. The lowest BCUT2D eigenvalue weighted by Crippen LogP contribution is -2.37. The molecule has 0 aromatic heterocycles. The van der Waals surface area contributed by atoms with Crippen LogP contribution < -0.4 is 10.2 Å². The summed E-state index contributed by atoms with van der Waals surface area (Å²) in [6.07, 6.45) is -1.02. The minimum absolute atomic E-state index is 0.308. The van der Waals surface area contributed by atoms with Gasteiger partial charge in [0.25, 0.3) is 0 Å². The highest BCUT2D eigenvalue weighted by atomic mass is 32.2. The van der Waals surface area contributed by atoms with E-state index in [-0.39, 0.29) is 0 Å². The lowest BCUT2D eigenvalue weighted by atomic mass is 10.2. The minimum atomic E-state index is -1.02. The number of anilines is 1. The molecule has 1 heterocycles. The van der Waals surface area contributed by atoms with Crippen molar-refractivity contribution in [2.24, 2.45) is 0 Å². The minimum Gasteiger partial charge on any atom is -0.465 e. The van der Waals surface area contributed by atoms with Crippen LogP contribution in [0.3, 0.4) is 0 Å². The number of carboxylic acid groups (broad SMARTS) is 1.